The minimum absolute atomic E-state index is 0.0406. The molecule has 1 aliphatic carbocycles. The highest BCUT2D eigenvalue weighted by Crippen LogP contribution is 2.41. The van der Waals surface area contributed by atoms with Gasteiger partial charge in [-0.3, -0.25) is 4.79 Å². The number of benzene rings is 1. The molecule has 1 saturated carbocycles. The zero-order valence-electron chi connectivity index (χ0n) is 13.5. The normalized spacial score (nSPS) is 21.5. The number of nitrogens with zero attached hydrogens (tertiary/aromatic N) is 1. The molecule has 2 aliphatic rings. The largest absolute Gasteiger partial charge is 0.461 e. The second-order valence-corrected chi connectivity index (χ2v) is 6.97. The Morgan fingerprint density at radius 1 is 1.14 bits per heavy atom. The molecule has 0 spiro atoms. The van der Waals surface area contributed by atoms with Gasteiger partial charge in [-0.1, -0.05) is 37.3 Å². The fraction of sp³-hybridized carbons (Fsp3) is 0.632. The molecule has 2 fully saturated rings. The van der Waals surface area contributed by atoms with Gasteiger partial charge >= 0.3 is 5.97 Å². The highest BCUT2D eigenvalue weighted by Gasteiger charge is 2.33. The van der Waals surface area contributed by atoms with Crippen molar-refractivity contribution in [2.45, 2.75) is 39.2 Å². The van der Waals surface area contributed by atoms with E-state index in [2.05, 4.69) is 4.90 Å². The highest BCUT2D eigenvalue weighted by atomic mass is 16.5. The van der Waals surface area contributed by atoms with Gasteiger partial charge in [-0.05, 0) is 56.2 Å². The van der Waals surface area contributed by atoms with Gasteiger partial charge in [0.05, 0.1) is 5.92 Å². The smallest absolute Gasteiger partial charge is 0.310 e. The third kappa shape index (κ3) is 4.33. The number of hydrogen-bond acceptors (Lipinski definition) is 3. The van der Waals surface area contributed by atoms with Crippen LogP contribution in [-0.4, -0.2) is 30.5 Å². The van der Waals surface area contributed by atoms with Gasteiger partial charge in [0.25, 0.3) is 0 Å². The van der Waals surface area contributed by atoms with E-state index in [4.69, 9.17) is 4.74 Å². The number of rotatable bonds is 6. The molecule has 1 aromatic carbocycles. The van der Waals surface area contributed by atoms with E-state index in [1.165, 1.54) is 25.7 Å². The van der Waals surface area contributed by atoms with E-state index in [1.54, 1.807) is 0 Å². The zero-order valence-corrected chi connectivity index (χ0v) is 13.5. The molecule has 3 nitrogen and oxygen atoms in total. The maximum atomic E-state index is 12.1. The SMILES string of the molecule is CC(CN1CCC(C2CC2)CC1)C(=O)OCc1ccccc1. The van der Waals surface area contributed by atoms with Crippen LogP contribution in [0, 0.1) is 17.8 Å². The molecule has 22 heavy (non-hydrogen) atoms. The lowest BCUT2D eigenvalue weighted by atomic mass is 9.92. The van der Waals surface area contributed by atoms with E-state index in [0.29, 0.717) is 6.61 Å². The van der Waals surface area contributed by atoms with Crippen molar-refractivity contribution in [2.24, 2.45) is 17.8 Å². The highest BCUT2D eigenvalue weighted by molar-refractivity contribution is 5.72. The van der Waals surface area contributed by atoms with E-state index in [1.807, 2.05) is 37.3 Å². The molecular weight excluding hydrogens is 274 g/mol. The minimum atomic E-state index is -0.0758. The molecule has 120 valence electrons. The zero-order chi connectivity index (χ0) is 15.4. The molecule has 0 bridgehead atoms. The summed E-state index contributed by atoms with van der Waals surface area (Å²) in [6, 6.07) is 9.88. The molecule has 0 radical (unpaired) electrons. The van der Waals surface area contributed by atoms with Crippen molar-refractivity contribution < 1.29 is 9.53 Å². The van der Waals surface area contributed by atoms with Crippen LogP contribution in [0.5, 0.6) is 0 Å². The van der Waals surface area contributed by atoms with Crippen LogP contribution < -0.4 is 0 Å². The minimum Gasteiger partial charge on any atom is -0.461 e. The lowest BCUT2D eigenvalue weighted by Crippen LogP contribution is -2.39. The summed E-state index contributed by atoms with van der Waals surface area (Å²) >= 11 is 0. The molecule has 3 heteroatoms. The molecule has 0 amide bonds. The number of piperidine rings is 1. The first-order chi connectivity index (χ1) is 10.7. The van der Waals surface area contributed by atoms with Crippen LogP contribution in [-0.2, 0) is 16.1 Å². The van der Waals surface area contributed by atoms with Crippen molar-refractivity contribution in [2.75, 3.05) is 19.6 Å². The Bertz CT molecular complexity index is 475. The third-order valence-corrected chi connectivity index (χ3v) is 5.08. The third-order valence-electron chi connectivity index (χ3n) is 5.08. The van der Waals surface area contributed by atoms with E-state index in [0.717, 1.165) is 37.0 Å². The van der Waals surface area contributed by atoms with Gasteiger partial charge in [-0.25, -0.2) is 0 Å². The maximum Gasteiger partial charge on any atom is 0.310 e. The summed E-state index contributed by atoms with van der Waals surface area (Å²) in [7, 11) is 0. The Labute approximate surface area is 133 Å². The van der Waals surface area contributed by atoms with Gasteiger partial charge in [0.1, 0.15) is 6.61 Å². The van der Waals surface area contributed by atoms with Crippen LogP contribution >= 0.6 is 0 Å². The Morgan fingerprint density at radius 3 is 2.41 bits per heavy atom. The van der Waals surface area contributed by atoms with Crippen LogP contribution in [0.1, 0.15) is 38.2 Å². The molecule has 1 aliphatic heterocycles. The summed E-state index contributed by atoms with van der Waals surface area (Å²) in [5.41, 5.74) is 1.05. The van der Waals surface area contributed by atoms with Crippen molar-refractivity contribution in [1.82, 2.24) is 4.90 Å². The van der Waals surface area contributed by atoms with Crippen molar-refractivity contribution in [3.05, 3.63) is 35.9 Å². The van der Waals surface area contributed by atoms with Crippen LogP contribution in [0.25, 0.3) is 0 Å². The first kappa shape index (κ1) is 15.5. The molecule has 0 aromatic heterocycles. The van der Waals surface area contributed by atoms with Gasteiger partial charge in [0, 0.05) is 6.54 Å². The number of carbonyl (C=O) groups excluding carboxylic acids is 1. The standard InChI is InChI=1S/C19H27NO2/c1-15(19(21)22-14-16-5-3-2-4-6-16)13-20-11-9-18(10-12-20)17-7-8-17/h2-6,15,17-18H,7-14H2,1H3. The fourth-order valence-corrected chi connectivity index (χ4v) is 3.51. The quantitative estimate of drug-likeness (QED) is 0.753. The predicted octanol–water partition coefficient (Wildman–Crippen LogP) is 3.49. The first-order valence-corrected chi connectivity index (χ1v) is 8.65. The Morgan fingerprint density at radius 2 is 1.77 bits per heavy atom. The Kier molecular flexibility index (Phi) is 5.14. The first-order valence-electron chi connectivity index (χ1n) is 8.65. The van der Waals surface area contributed by atoms with Gasteiger partial charge in [0.2, 0.25) is 0 Å². The summed E-state index contributed by atoms with van der Waals surface area (Å²) in [5.74, 6) is 1.86. The summed E-state index contributed by atoms with van der Waals surface area (Å²) in [4.78, 5) is 14.6. The molecule has 1 atom stereocenters. The van der Waals surface area contributed by atoms with E-state index < -0.39 is 0 Å². The molecule has 1 saturated heterocycles. The average molecular weight is 301 g/mol. The van der Waals surface area contributed by atoms with Gasteiger partial charge < -0.3 is 9.64 Å². The molecule has 1 unspecified atom stereocenters. The second kappa shape index (κ2) is 7.28. The topological polar surface area (TPSA) is 29.5 Å². The van der Waals surface area contributed by atoms with Gasteiger partial charge in [-0.15, -0.1) is 0 Å². The Balaban J connectivity index is 1.37. The summed E-state index contributed by atoms with van der Waals surface area (Å²) in [6.45, 7) is 5.51. The van der Waals surface area contributed by atoms with E-state index >= 15 is 0 Å². The number of carbonyl (C=O) groups is 1. The second-order valence-electron chi connectivity index (χ2n) is 6.97. The molecule has 3 rings (SSSR count). The van der Waals surface area contributed by atoms with Gasteiger partial charge in [0.15, 0.2) is 0 Å². The molecular formula is C19H27NO2. The monoisotopic (exact) mass is 301 g/mol. The number of esters is 1. The van der Waals surface area contributed by atoms with Gasteiger partial charge in [-0.2, -0.15) is 0 Å². The van der Waals surface area contributed by atoms with Crippen LogP contribution in [0.4, 0.5) is 0 Å². The maximum absolute atomic E-state index is 12.1. The molecule has 1 aromatic rings. The molecule has 1 heterocycles. The van der Waals surface area contributed by atoms with E-state index in [-0.39, 0.29) is 11.9 Å². The fourth-order valence-electron chi connectivity index (χ4n) is 3.51. The van der Waals surface area contributed by atoms with Crippen molar-refractivity contribution >= 4 is 5.97 Å². The van der Waals surface area contributed by atoms with Crippen molar-refractivity contribution in [3.8, 4) is 0 Å². The summed E-state index contributed by atoms with van der Waals surface area (Å²) < 4.78 is 5.44. The van der Waals surface area contributed by atoms with Crippen LogP contribution in [0.3, 0.4) is 0 Å². The number of likely N-dealkylation sites (tertiary alicyclic amines) is 1. The molecule has 0 N–H and O–H groups in total. The predicted molar refractivity (Wildman–Crippen MR) is 87.3 cm³/mol. The summed E-state index contributed by atoms with van der Waals surface area (Å²) in [6.07, 6.45) is 5.53. The lowest BCUT2D eigenvalue weighted by Gasteiger charge is -2.33. The number of hydrogen-bond donors (Lipinski definition) is 0. The van der Waals surface area contributed by atoms with Crippen LogP contribution in [0.15, 0.2) is 30.3 Å². The Hall–Kier alpha value is -1.35. The van der Waals surface area contributed by atoms with E-state index in [9.17, 15) is 4.79 Å². The van der Waals surface area contributed by atoms with Crippen molar-refractivity contribution in [3.63, 3.8) is 0 Å². The average Bonchev–Trinajstić information content (AvgIpc) is 3.39. The lowest BCUT2D eigenvalue weighted by molar-refractivity contribution is -0.150. The van der Waals surface area contributed by atoms with Crippen LogP contribution in [0.2, 0.25) is 0 Å². The summed E-state index contributed by atoms with van der Waals surface area (Å²) in [5, 5.41) is 0. The number of ether oxygens (including phenoxy) is 1. The van der Waals surface area contributed by atoms with Crippen molar-refractivity contribution in [1.29, 1.82) is 0 Å².